The van der Waals surface area contributed by atoms with Crippen molar-refractivity contribution in [2.24, 2.45) is 0 Å². The fraction of sp³-hybridized carbons (Fsp3) is 0.579. The average Bonchev–Trinajstić information content (AvgIpc) is 3.28. The number of rotatable bonds is 4. The molecule has 2 saturated carbocycles. The number of esters is 1. The number of hydrogen-bond acceptors (Lipinski definition) is 5. The summed E-state index contributed by atoms with van der Waals surface area (Å²) in [5.74, 6) is 0.147. The monoisotopic (exact) mass is 344 g/mol. The second-order valence-electron chi connectivity index (χ2n) is 7.57. The molecule has 0 unspecified atom stereocenters. The molecule has 0 aliphatic heterocycles. The molecule has 1 N–H and O–H groups in total. The Labute approximate surface area is 146 Å². The number of benzene rings is 1. The Morgan fingerprint density at radius 1 is 1.36 bits per heavy atom. The zero-order valence-electron chi connectivity index (χ0n) is 14.7. The van der Waals surface area contributed by atoms with E-state index in [0.29, 0.717) is 17.7 Å². The minimum atomic E-state index is -0.640. The van der Waals surface area contributed by atoms with Gasteiger partial charge in [-0.1, -0.05) is 0 Å². The molecule has 0 spiro atoms. The Kier molecular flexibility index (Phi) is 3.95. The first-order valence-corrected chi connectivity index (χ1v) is 8.95. The lowest BCUT2D eigenvalue weighted by Crippen LogP contribution is -2.33. The molecule has 6 heteroatoms. The smallest absolute Gasteiger partial charge is 0.341 e. The maximum atomic E-state index is 12.1. The van der Waals surface area contributed by atoms with Crippen molar-refractivity contribution in [2.45, 2.75) is 63.2 Å². The van der Waals surface area contributed by atoms with Crippen LogP contribution in [0.25, 0.3) is 10.9 Å². The molecule has 2 aliphatic rings. The quantitative estimate of drug-likeness (QED) is 0.862. The Morgan fingerprint density at radius 2 is 2.16 bits per heavy atom. The molecule has 2 fully saturated rings. The van der Waals surface area contributed by atoms with Gasteiger partial charge in [0, 0.05) is 17.6 Å². The fourth-order valence-electron chi connectivity index (χ4n) is 3.65. The van der Waals surface area contributed by atoms with Crippen LogP contribution in [0.5, 0.6) is 5.75 Å². The van der Waals surface area contributed by atoms with Gasteiger partial charge in [-0.05, 0) is 51.5 Å². The van der Waals surface area contributed by atoms with E-state index in [-0.39, 0.29) is 12.1 Å². The molecule has 134 valence electrons. The Balaban J connectivity index is 1.70. The molecule has 0 bridgehead atoms. The second kappa shape index (κ2) is 6.02. The predicted octanol–water partition coefficient (Wildman–Crippen LogP) is 3.23. The van der Waals surface area contributed by atoms with Gasteiger partial charge in [-0.15, -0.1) is 0 Å². The highest BCUT2D eigenvalue weighted by molar-refractivity contribution is 5.97. The van der Waals surface area contributed by atoms with Crippen LogP contribution in [-0.2, 0) is 4.74 Å². The zero-order valence-corrected chi connectivity index (χ0v) is 14.7. The van der Waals surface area contributed by atoms with Crippen LogP contribution in [-0.4, -0.2) is 39.7 Å². The van der Waals surface area contributed by atoms with Crippen LogP contribution in [0.15, 0.2) is 18.3 Å². The van der Waals surface area contributed by atoms with Gasteiger partial charge in [-0.2, -0.15) is 5.10 Å². The molecule has 0 radical (unpaired) electrons. The van der Waals surface area contributed by atoms with E-state index >= 15 is 0 Å². The molecule has 2 atom stereocenters. The van der Waals surface area contributed by atoms with E-state index in [0.717, 1.165) is 43.0 Å². The first kappa shape index (κ1) is 16.4. The van der Waals surface area contributed by atoms with E-state index < -0.39 is 11.6 Å². The van der Waals surface area contributed by atoms with Crippen molar-refractivity contribution in [3.8, 4) is 5.75 Å². The number of aliphatic hydroxyl groups is 1. The molecule has 1 aromatic carbocycles. The number of aromatic nitrogens is 2. The van der Waals surface area contributed by atoms with Gasteiger partial charge in [0.1, 0.15) is 11.3 Å². The highest BCUT2D eigenvalue weighted by atomic mass is 16.5. The number of methoxy groups -OCH3 is 1. The van der Waals surface area contributed by atoms with Gasteiger partial charge in [0.2, 0.25) is 0 Å². The van der Waals surface area contributed by atoms with Gasteiger partial charge < -0.3 is 14.6 Å². The van der Waals surface area contributed by atoms with Gasteiger partial charge in [0.05, 0.1) is 30.4 Å². The Hall–Kier alpha value is -2.08. The van der Waals surface area contributed by atoms with E-state index in [1.807, 2.05) is 23.9 Å². The van der Waals surface area contributed by atoms with Crippen LogP contribution >= 0.6 is 0 Å². The molecule has 1 aromatic heterocycles. The number of nitrogens with zero attached hydrogens (tertiary/aromatic N) is 2. The maximum absolute atomic E-state index is 12.1. The summed E-state index contributed by atoms with van der Waals surface area (Å²) in [6.45, 7) is 1.89. The van der Waals surface area contributed by atoms with Crippen molar-refractivity contribution in [1.29, 1.82) is 0 Å². The third-order valence-corrected chi connectivity index (χ3v) is 5.15. The Bertz CT molecular complexity index is 807. The largest absolute Gasteiger partial charge is 0.489 e. The normalized spacial score (nSPS) is 26.6. The summed E-state index contributed by atoms with van der Waals surface area (Å²) in [7, 11) is 1.38. The van der Waals surface area contributed by atoms with E-state index in [4.69, 9.17) is 14.6 Å². The maximum Gasteiger partial charge on any atom is 0.341 e. The van der Waals surface area contributed by atoms with E-state index in [2.05, 4.69) is 0 Å². The van der Waals surface area contributed by atoms with Crippen LogP contribution in [0, 0.1) is 0 Å². The molecule has 0 saturated heterocycles. The Morgan fingerprint density at radius 3 is 2.84 bits per heavy atom. The highest BCUT2D eigenvalue weighted by Crippen LogP contribution is 2.37. The molecular formula is C19H24N2O4. The first-order chi connectivity index (χ1) is 11.9. The minimum absolute atomic E-state index is 0.172. The molecule has 4 rings (SSSR count). The summed E-state index contributed by atoms with van der Waals surface area (Å²) in [6, 6.07) is 3.80. The molecule has 2 aromatic rings. The second-order valence-corrected chi connectivity index (χ2v) is 7.57. The summed E-state index contributed by atoms with van der Waals surface area (Å²) < 4.78 is 12.7. The van der Waals surface area contributed by atoms with E-state index in [1.165, 1.54) is 7.11 Å². The van der Waals surface area contributed by atoms with Gasteiger partial charge in [0.25, 0.3) is 0 Å². The van der Waals surface area contributed by atoms with Crippen molar-refractivity contribution >= 4 is 16.9 Å². The lowest BCUT2D eigenvalue weighted by Gasteiger charge is -2.33. The van der Waals surface area contributed by atoms with E-state index in [1.54, 1.807) is 6.07 Å². The van der Waals surface area contributed by atoms with Crippen molar-refractivity contribution < 1.29 is 19.4 Å². The highest BCUT2D eigenvalue weighted by Gasteiger charge is 2.32. The summed E-state index contributed by atoms with van der Waals surface area (Å²) in [4.78, 5) is 12.1. The standard InChI is InChI=1S/C19H24N2O4/c1-19(23)7-3-4-13(10-19)21-11-12-8-15(18(22)24-2)17(9-16(12)20-21)25-14-5-6-14/h8-9,11,13-14,23H,3-7,10H2,1-2H3/t13-,19+/m0/s1. The van der Waals surface area contributed by atoms with Gasteiger partial charge >= 0.3 is 5.97 Å². The minimum Gasteiger partial charge on any atom is -0.489 e. The average molecular weight is 344 g/mol. The van der Waals surface area contributed by atoms with Gasteiger partial charge in [-0.3, -0.25) is 4.68 Å². The van der Waals surface area contributed by atoms with E-state index in [9.17, 15) is 9.90 Å². The van der Waals surface area contributed by atoms with Crippen molar-refractivity contribution in [3.63, 3.8) is 0 Å². The molecule has 1 heterocycles. The van der Waals surface area contributed by atoms with Crippen LogP contribution < -0.4 is 4.74 Å². The fourth-order valence-corrected chi connectivity index (χ4v) is 3.65. The van der Waals surface area contributed by atoms with Gasteiger partial charge in [0.15, 0.2) is 0 Å². The van der Waals surface area contributed by atoms with Crippen molar-refractivity contribution in [2.75, 3.05) is 7.11 Å². The number of carbonyl (C=O) groups is 1. The summed E-state index contributed by atoms with van der Waals surface area (Å²) in [5.41, 5.74) is 0.601. The number of carbonyl (C=O) groups excluding carboxylic acids is 1. The van der Waals surface area contributed by atoms with Crippen LogP contribution in [0.2, 0.25) is 0 Å². The molecule has 2 aliphatic carbocycles. The molecule has 0 amide bonds. The third kappa shape index (κ3) is 3.35. The zero-order chi connectivity index (χ0) is 17.6. The third-order valence-electron chi connectivity index (χ3n) is 5.15. The van der Waals surface area contributed by atoms with Crippen molar-refractivity contribution in [3.05, 3.63) is 23.9 Å². The molecule has 25 heavy (non-hydrogen) atoms. The summed E-state index contributed by atoms with van der Waals surface area (Å²) in [6.07, 6.45) is 7.68. The lowest BCUT2D eigenvalue weighted by molar-refractivity contribution is 0.00191. The number of ether oxygens (including phenoxy) is 2. The van der Waals surface area contributed by atoms with Crippen LogP contribution in [0.1, 0.15) is 61.8 Å². The first-order valence-electron chi connectivity index (χ1n) is 8.95. The van der Waals surface area contributed by atoms with Crippen molar-refractivity contribution in [1.82, 2.24) is 9.78 Å². The molecule has 6 nitrogen and oxygen atoms in total. The van der Waals surface area contributed by atoms with Crippen LogP contribution in [0.4, 0.5) is 0 Å². The number of hydrogen-bond donors (Lipinski definition) is 1. The summed E-state index contributed by atoms with van der Waals surface area (Å²) >= 11 is 0. The lowest BCUT2D eigenvalue weighted by atomic mass is 9.83. The predicted molar refractivity (Wildman–Crippen MR) is 92.9 cm³/mol. The van der Waals surface area contributed by atoms with Crippen LogP contribution in [0.3, 0.4) is 0 Å². The number of fused-ring (bicyclic) bond motifs is 1. The SMILES string of the molecule is COC(=O)c1cc2cn([C@H]3CCC[C@@](C)(O)C3)nc2cc1OC1CC1. The summed E-state index contributed by atoms with van der Waals surface area (Å²) in [5, 5.41) is 15.9. The molecular weight excluding hydrogens is 320 g/mol. The topological polar surface area (TPSA) is 73.6 Å². The van der Waals surface area contributed by atoms with Gasteiger partial charge in [-0.25, -0.2) is 4.79 Å².